The highest BCUT2D eigenvalue weighted by molar-refractivity contribution is 5.71. The van der Waals surface area contributed by atoms with Gasteiger partial charge in [-0.2, -0.15) is 0 Å². The normalized spacial score (nSPS) is 22.5. The third-order valence-electron chi connectivity index (χ3n) is 7.30. The fourth-order valence-corrected chi connectivity index (χ4v) is 5.48. The molecule has 0 aromatic heterocycles. The van der Waals surface area contributed by atoms with Crippen molar-refractivity contribution in [3.63, 3.8) is 0 Å². The molecule has 0 radical (unpaired) electrons. The van der Waals surface area contributed by atoms with E-state index in [-0.39, 0.29) is 23.0 Å². The van der Waals surface area contributed by atoms with Crippen LogP contribution < -0.4 is 10.1 Å². The standard InChI is InChI=1S/C27H37NO4/c1-18(2)22-9-8-19(3)14-23(22)25-20(4)15-21(16-24(25)30)32-26(31)28-17-27(12-13-29)10-6-5-7-11-27/h13-16,22-23,30H,1,5-12,17H2,2-4H3,(H,28,31)/t22?,23-/m1/s1. The quantitative estimate of drug-likeness (QED) is 0.384. The number of nitrogens with one attached hydrogen (secondary N) is 1. The summed E-state index contributed by atoms with van der Waals surface area (Å²) in [5, 5.41) is 13.7. The third kappa shape index (κ3) is 5.62. The molecule has 1 fully saturated rings. The highest BCUT2D eigenvalue weighted by Gasteiger charge is 2.33. The molecule has 3 rings (SSSR count). The van der Waals surface area contributed by atoms with Gasteiger partial charge in [0.25, 0.3) is 0 Å². The number of allylic oxidation sites excluding steroid dienone is 3. The van der Waals surface area contributed by atoms with Gasteiger partial charge in [0.15, 0.2) is 0 Å². The zero-order valence-corrected chi connectivity index (χ0v) is 19.7. The molecule has 0 saturated heterocycles. The number of rotatable bonds is 7. The van der Waals surface area contributed by atoms with Crippen LogP contribution in [-0.2, 0) is 4.79 Å². The minimum Gasteiger partial charge on any atom is -0.507 e. The Morgan fingerprint density at radius 2 is 2.00 bits per heavy atom. The molecule has 174 valence electrons. The number of phenols is 1. The monoisotopic (exact) mass is 439 g/mol. The van der Waals surface area contributed by atoms with E-state index in [0.29, 0.717) is 18.7 Å². The molecule has 5 heteroatoms. The molecule has 0 heterocycles. The van der Waals surface area contributed by atoms with Crippen LogP contribution in [0.25, 0.3) is 0 Å². The number of benzene rings is 1. The number of aldehydes is 1. The fourth-order valence-electron chi connectivity index (χ4n) is 5.48. The van der Waals surface area contributed by atoms with Crippen molar-refractivity contribution in [2.75, 3.05) is 6.54 Å². The van der Waals surface area contributed by atoms with Crippen molar-refractivity contribution in [3.8, 4) is 11.5 Å². The minimum atomic E-state index is -0.555. The lowest BCUT2D eigenvalue weighted by Gasteiger charge is -2.35. The van der Waals surface area contributed by atoms with E-state index in [4.69, 9.17) is 4.74 Å². The Labute approximate surface area is 191 Å². The Bertz CT molecular complexity index is 872. The molecule has 32 heavy (non-hydrogen) atoms. The van der Waals surface area contributed by atoms with Gasteiger partial charge in [-0.05, 0) is 69.4 Å². The molecule has 1 amide bonds. The summed E-state index contributed by atoms with van der Waals surface area (Å²) in [6.07, 6.45) is 10.4. The SMILES string of the molecule is C=C(C)C1CCC(C)=C[C@H]1c1c(C)cc(OC(=O)NCC2(CC=O)CCCCC2)cc1O. The van der Waals surface area contributed by atoms with E-state index in [1.165, 1.54) is 18.1 Å². The van der Waals surface area contributed by atoms with E-state index in [1.807, 2.05) is 19.9 Å². The summed E-state index contributed by atoms with van der Waals surface area (Å²) in [5.74, 6) is 0.805. The van der Waals surface area contributed by atoms with Crippen LogP contribution in [0.5, 0.6) is 11.5 Å². The maximum absolute atomic E-state index is 12.5. The van der Waals surface area contributed by atoms with Gasteiger partial charge in [0, 0.05) is 30.5 Å². The lowest BCUT2D eigenvalue weighted by Crippen LogP contribution is -2.40. The number of phenolic OH excluding ortho intramolecular Hbond substituents is 1. The second kappa shape index (κ2) is 10.4. The van der Waals surface area contributed by atoms with Gasteiger partial charge >= 0.3 is 6.09 Å². The van der Waals surface area contributed by atoms with Crippen LogP contribution in [0.2, 0.25) is 0 Å². The average molecular weight is 440 g/mol. The van der Waals surface area contributed by atoms with Gasteiger partial charge in [-0.25, -0.2) is 4.79 Å². The molecule has 1 aromatic rings. The second-order valence-corrected chi connectivity index (χ2v) is 9.88. The zero-order chi connectivity index (χ0) is 23.3. The summed E-state index contributed by atoms with van der Waals surface area (Å²) in [6.45, 7) is 10.7. The van der Waals surface area contributed by atoms with Gasteiger partial charge < -0.3 is 20.0 Å². The van der Waals surface area contributed by atoms with E-state index < -0.39 is 6.09 Å². The van der Waals surface area contributed by atoms with E-state index in [1.54, 1.807) is 0 Å². The Morgan fingerprint density at radius 1 is 1.28 bits per heavy atom. The van der Waals surface area contributed by atoms with Crippen LogP contribution >= 0.6 is 0 Å². The molecule has 1 aromatic carbocycles. The summed E-state index contributed by atoms with van der Waals surface area (Å²) >= 11 is 0. The number of carbonyl (C=O) groups excluding carboxylic acids is 2. The molecular formula is C27H37NO4. The van der Waals surface area contributed by atoms with Crippen LogP contribution in [0.3, 0.4) is 0 Å². The summed E-state index contributed by atoms with van der Waals surface area (Å²) in [4.78, 5) is 23.6. The number of hydrogen-bond donors (Lipinski definition) is 2. The maximum atomic E-state index is 12.5. The lowest BCUT2D eigenvalue weighted by atomic mass is 9.72. The molecule has 1 saturated carbocycles. The van der Waals surface area contributed by atoms with Crippen molar-refractivity contribution in [2.45, 2.75) is 78.1 Å². The topological polar surface area (TPSA) is 75.6 Å². The van der Waals surface area contributed by atoms with Gasteiger partial charge in [0.1, 0.15) is 17.8 Å². The largest absolute Gasteiger partial charge is 0.507 e. The fraction of sp³-hybridized carbons (Fsp3) is 0.556. The zero-order valence-electron chi connectivity index (χ0n) is 19.7. The van der Waals surface area contributed by atoms with Gasteiger partial charge in [0.2, 0.25) is 0 Å². The maximum Gasteiger partial charge on any atom is 0.412 e. The summed E-state index contributed by atoms with van der Waals surface area (Å²) in [7, 11) is 0. The molecule has 0 spiro atoms. The predicted molar refractivity (Wildman–Crippen MR) is 127 cm³/mol. The van der Waals surface area contributed by atoms with Crippen LogP contribution in [0, 0.1) is 18.3 Å². The van der Waals surface area contributed by atoms with E-state index >= 15 is 0 Å². The summed E-state index contributed by atoms with van der Waals surface area (Å²) in [6, 6.07) is 3.33. The third-order valence-corrected chi connectivity index (χ3v) is 7.30. The Kier molecular flexibility index (Phi) is 7.81. The molecule has 0 aliphatic heterocycles. The highest BCUT2D eigenvalue weighted by Crippen LogP contribution is 2.45. The van der Waals surface area contributed by atoms with Gasteiger partial charge in [-0.15, -0.1) is 0 Å². The number of hydrogen-bond acceptors (Lipinski definition) is 4. The van der Waals surface area contributed by atoms with Gasteiger partial charge in [0.05, 0.1) is 0 Å². The van der Waals surface area contributed by atoms with Crippen molar-refractivity contribution in [1.82, 2.24) is 5.32 Å². The van der Waals surface area contributed by atoms with E-state index in [2.05, 4.69) is 24.9 Å². The van der Waals surface area contributed by atoms with Crippen LogP contribution in [0.1, 0.15) is 82.3 Å². The smallest absolute Gasteiger partial charge is 0.412 e. The van der Waals surface area contributed by atoms with Crippen LogP contribution in [0.4, 0.5) is 4.79 Å². The first-order valence-corrected chi connectivity index (χ1v) is 11.8. The molecule has 1 unspecified atom stereocenters. The average Bonchev–Trinajstić information content (AvgIpc) is 2.73. The molecule has 2 aliphatic carbocycles. The minimum absolute atomic E-state index is 0.0682. The molecule has 2 N–H and O–H groups in total. The molecule has 2 aliphatic rings. The summed E-state index contributed by atoms with van der Waals surface area (Å²) in [5.41, 5.74) is 4.03. The lowest BCUT2D eigenvalue weighted by molar-refractivity contribution is -0.110. The predicted octanol–water partition coefficient (Wildman–Crippen LogP) is 6.34. The highest BCUT2D eigenvalue weighted by atomic mass is 16.6. The molecule has 0 bridgehead atoms. The van der Waals surface area contributed by atoms with Crippen molar-refractivity contribution >= 4 is 12.4 Å². The number of ether oxygens (including phenoxy) is 1. The number of amides is 1. The first-order chi connectivity index (χ1) is 15.2. The van der Waals surface area contributed by atoms with Crippen LogP contribution in [0.15, 0.2) is 35.9 Å². The first-order valence-electron chi connectivity index (χ1n) is 11.8. The van der Waals surface area contributed by atoms with Gasteiger partial charge in [-0.1, -0.05) is 43.1 Å². The molecular weight excluding hydrogens is 402 g/mol. The van der Waals surface area contributed by atoms with Crippen molar-refractivity contribution in [3.05, 3.63) is 47.1 Å². The van der Waals surface area contributed by atoms with Crippen LogP contribution in [-0.4, -0.2) is 24.0 Å². The van der Waals surface area contributed by atoms with Crippen molar-refractivity contribution < 1.29 is 19.4 Å². The first kappa shape index (κ1) is 24.1. The second-order valence-electron chi connectivity index (χ2n) is 9.88. The number of carbonyl (C=O) groups is 2. The van der Waals surface area contributed by atoms with E-state index in [9.17, 15) is 14.7 Å². The van der Waals surface area contributed by atoms with E-state index in [0.717, 1.165) is 61.5 Å². The van der Waals surface area contributed by atoms with Crippen molar-refractivity contribution in [1.29, 1.82) is 0 Å². The Hall–Kier alpha value is -2.56. The van der Waals surface area contributed by atoms with Crippen molar-refractivity contribution in [2.24, 2.45) is 11.3 Å². The number of aromatic hydroxyl groups is 1. The Balaban J connectivity index is 1.72. The van der Waals surface area contributed by atoms with Gasteiger partial charge in [-0.3, -0.25) is 0 Å². The molecule has 2 atom stereocenters. The number of aryl methyl sites for hydroxylation is 1. The summed E-state index contributed by atoms with van der Waals surface area (Å²) < 4.78 is 5.50. The Morgan fingerprint density at radius 3 is 2.62 bits per heavy atom. The molecule has 5 nitrogen and oxygen atoms in total.